The highest BCUT2D eigenvalue weighted by atomic mass is 19.1. The average Bonchev–Trinajstić information content (AvgIpc) is 3.07. The van der Waals surface area contributed by atoms with Crippen molar-refractivity contribution in [2.24, 2.45) is 0 Å². The van der Waals surface area contributed by atoms with Crippen molar-refractivity contribution < 1.29 is 23.6 Å². The van der Waals surface area contributed by atoms with E-state index in [-0.39, 0.29) is 39.7 Å². The molecule has 0 spiro atoms. The number of anilines is 1. The number of hydrogen-bond acceptors (Lipinski definition) is 7. The Bertz CT molecular complexity index is 1010. The zero-order chi connectivity index (χ0) is 19.7. The highest BCUT2D eigenvalue weighted by Crippen LogP contribution is 2.44. The minimum atomic E-state index is -0.669. The number of aromatic nitrogens is 2. The van der Waals surface area contributed by atoms with Crippen LogP contribution in [-0.4, -0.2) is 42.2 Å². The number of ketones is 1. The van der Waals surface area contributed by atoms with E-state index in [4.69, 9.17) is 9.26 Å². The lowest BCUT2D eigenvalue weighted by Gasteiger charge is -2.22. The normalized spacial score (nSPS) is 10.7. The summed E-state index contributed by atoms with van der Waals surface area (Å²) < 4.78 is 24.5. The number of rotatable bonds is 5. The first kappa shape index (κ1) is 18.4. The van der Waals surface area contributed by atoms with Gasteiger partial charge < -0.3 is 19.3 Å². The molecule has 1 N–H and O–H groups in total. The molecule has 0 amide bonds. The zero-order valence-corrected chi connectivity index (χ0v) is 15.3. The van der Waals surface area contributed by atoms with Gasteiger partial charge in [0, 0.05) is 26.6 Å². The number of aromatic hydroxyl groups is 1. The summed E-state index contributed by atoms with van der Waals surface area (Å²) in [6.45, 7) is 1.61. The third-order valence-electron chi connectivity index (χ3n) is 4.02. The number of benzene rings is 2. The fourth-order valence-corrected chi connectivity index (χ4v) is 2.82. The zero-order valence-electron chi connectivity index (χ0n) is 15.3. The molecule has 0 saturated carbocycles. The number of ether oxygens (including phenoxy) is 1. The first-order valence-electron chi connectivity index (χ1n) is 8.06. The van der Waals surface area contributed by atoms with Gasteiger partial charge in [0.15, 0.2) is 17.3 Å². The maximum Gasteiger partial charge on any atom is 0.223 e. The predicted molar refractivity (Wildman–Crippen MR) is 96.8 cm³/mol. The smallest absolute Gasteiger partial charge is 0.223 e. The van der Waals surface area contributed by atoms with Crippen LogP contribution in [0.1, 0.15) is 21.8 Å². The van der Waals surface area contributed by atoms with Crippen LogP contribution < -0.4 is 9.64 Å². The van der Waals surface area contributed by atoms with Crippen molar-refractivity contribution in [3.63, 3.8) is 0 Å². The summed E-state index contributed by atoms with van der Waals surface area (Å²) in [4.78, 5) is 19.0. The summed E-state index contributed by atoms with van der Waals surface area (Å²) in [5.74, 6) is -0.973. The quantitative estimate of drug-likeness (QED) is 0.689. The molecule has 3 rings (SSSR count). The standard InChI is InChI=1S/C19H18FN3O4/c1-10-21-19(22-27-10)12-9-14(26-4)18(25)16(23(2)3)15(12)17(24)11-7-5-6-8-13(11)20/h5-9,25H,1-4H3. The Hall–Kier alpha value is -3.42. The molecule has 0 fully saturated rings. The van der Waals surface area contributed by atoms with Crippen LogP contribution in [0.3, 0.4) is 0 Å². The first-order chi connectivity index (χ1) is 12.8. The van der Waals surface area contributed by atoms with Gasteiger partial charge in [-0.1, -0.05) is 17.3 Å². The number of nitrogens with zero attached hydrogens (tertiary/aromatic N) is 3. The largest absolute Gasteiger partial charge is 0.503 e. The minimum Gasteiger partial charge on any atom is -0.503 e. The molecule has 0 atom stereocenters. The van der Waals surface area contributed by atoms with Gasteiger partial charge in [-0.25, -0.2) is 4.39 Å². The molecule has 3 aromatic rings. The number of carbonyl (C=O) groups excluding carboxylic acids is 1. The minimum absolute atomic E-state index is 0.0456. The fourth-order valence-electron chi connectivity index (χ4n) is 2.82. The van der Waals surface area contributed by atoms with Gasteiger partial charge in [-0.2, -0.15) is 4.98 Å². The lowest BCUT2D eigenvalue weighted by atomic mass is 9.94. The monoisotopic (exact) mass is 371 g/mol. The predicted octanol–water partition coefficient (Wildman–Crippen LogP) is 3.20. The molecule has 27 heavy (non-hydrogen) atoms. The molecule has 1 aromatic heterocycles. The SMILES string of the molecule is COc1cc(-c2noc(C)n2)c(C(=O)c2ccccc2F)c(N(C)C)c1O. The third kappa shape index (κ3) is 3.21. The Labute approximate surface area is 155 Å². The molecule has 0 radical (unpaired) electrons. The van der Waals surface area contributed by atoms with Crippen LogP contribution >= 0.6 is 0 Å². The van der Waals surface area contributed by atoms with Gasteiger partial charge in [-0.3, -0.25) is 4.79 Å². The number of methoxy groups -OCH3 is 1. The topological polar surface area (TPSA) is 88.7 Å². The van der Waals surface area contributed by atoms with Crippen molar-refractivity contribution in [3.8, 4) is 22.9 Å². The van der Waals surface area contributed by atoms with Gasteiger partial charge in [0.2, 0.25) is 11.7 Å². The number of carbonyl (C=O) groups is 1. The molecule has 0 aliphatic heterocycles. The Morgan fingerprint density at radius 1 is 1.30 bits per heavy atom. The molecule has 7 nitrogen and oxygen atoms in total. The van der Waals surface area contributed by atoms with Crippen LogP contribution in [0.4, 0.5) is 10.1 Å². The third-order valence-corrected chi connectivity index (χ3v) is 4.02. The van der Waals surface area contributed by atoms with E-state index in [1.807, 2.05) is 0 Å². The molecule has 0 saturated heterocycles. The van der Waals surface area contributed by atoms with Gasteiger partial charge in [0.05, 0.1) is 23.9 Å². The molecule has 2 aromatic carbocycles. The summed E-state index contributed by atoms with van der Waals surface area (Å²) in [5.41, 5.74) is 0.342. The van der Waals surface area contributed by atoms with Crippen molar-refractivity contribution in [1.82, 2.24) is 10.1 Å². The lowest BCUT2D eigenvalue weighted by Crippen LogP contribution is -2.17. The van der Waals surface area contributed by atoms with Gasteiger partial charge in [-0.05, 0) is 18.2 Å². The number of hydrogen-bond donors (Lipinski definition) is 1. The number of aryl methyl sites for hydroxylation is 1. The lowest BCUT2D eigenvalue weighted by molar-refractivity contribution is 0.103. The molecule has 0 bridgehead atoms. The van der Waals surface area contributed by atoms with Crippen molar-refractivity contribution >= 4 is 11.5 Å². The number of phenolic OH excluding ortho intramolecular Hbond substituents is 1. The average molecular weight is 371 g/mol. The van der Waals surface area contributed by atoms with Gasteiger partial charge in [0.1, 0.15) is 5.82 Å². The van der Waals surface area contributed by atoms with Crippen molar-refractivity contribution in [1.29, 1.82) is 0 Å². The maximum atomic E-state index is 14.3. The van der Waals surface area contributed by atoms with Crippen LogP contribution in [-0.2, 0) is 0 Å². The Kier molecular flexibility index (Phi) is 4.81. The van der Waals surface area contributed by atoms with Crippen molar-refractivity contribution in [2.75, 3.05) is 26.1 Å². The summed E-state index contributed by atoms with van der Waals surface area (Å²) in [5, 5.41) is 14.5. The van der Waals surface area contributed by atoms with E-state index in [1.54, 1.807) is 32.0 Å². The Morgan fingerprint density at radius 2 is 2.00 bits per heavy atom. The highest BCUT2D eigenvalue weighted by Gasteiger charge is 2.29. The summed E-state index contributed by atoms with van der Waals surface area (Å²) in [6, 6.07) is 7.07. The van der Waals surface area contributed by atoms with E-state index < -0.39 is 11.6 Å². The molecule has 0 unspecified atom stereocenters. The molecule has 8 heteroatoms. The van der Waals surface area contributed by atoms with Crippen molar-refractivity contribution in [2.45, 2.75) is 6.92 Å². The van der Waals surface area contributed by atoms with E-state index in [2.05, 4.69) is 10.1 Å². The molecule has 0 aliphatic carbocycles. The molecule has 0 aliphatic rings. The maximum absolute atomic E-state index is 14.3. The molecular formula is C19H18FN3O4. The summed E-state index contributed by atoms with van der Waals surface area (Å²) in [6.07, 6.45) is 0. The van der Waals surface area contributed by atoms with E-state index in [1.165, 1.54) is 31.4 Å². The van der Waals surface area contributed by atoms with Gasteiger partial charge in [0.25, 0.3) is 0 Å². The van der Waals surface area contributed by atoms with Gasteiger partial charge >= 0.3 is 0 Å². The van der Waals surface area contributed by atoms with Crippen molar-refractivity contribution in [3.05, 3.63) is 53.2 Å². The molecular weight excluding hydrogens is 353 g/mol. The fraction of sp³-hybridized carbons (Fsp3) is 0.211. The van der Waals surface area contributed by atoms with Gasteiger partial charge in [-0.15, -0.1) is 0 Å². The Morgan fingerprint density at radius 3 is 2.56 bits per heavy atom. The van der Waals surface area contributed by atoms with Crippen LogP contribution in [0, 0.1) is 12.7 Å². The second kappa shape index (κ2) is 7.06. The molecule has 140 valence electrons. The van der Waals surface area contributed by atoms with Crippen LogP contribution in [0.25, 0.3) is 11.4 Å². The van der Waals surface area contributed by atoms with E-state index in [0.29, 0.717) is 5.89 Å². The van der Waals surface area contributed by atoms with E-state index in [9.17, 15) is 14.3 Å². The van der Waals surface area contributed by atoms with Crippen LogP contribution in [0.5, 0.6) is 11.5 Å². The second-order valence-electron chi connectivity index (χ2n) is 6.04. The first-order valence-corrected chi connectivity index (χ1v) is 8.06. The second-order valence-corrected chi connectivity index (χ2v) is 6.04. The summed E-state index contributed by atoms with van der Waals surface area (Å²) >= 11 is 0. The van der Waals surface area contributed by atoms with E-state index in [0.717, 1.165) is 0 Å². The molecule has 1 heterocycles. The highest BCUT2D eigenvalue weighted by molar-refractivity contribution is 6.17. The summed E-state index contributed by atoms with van der Waals surface area (Å²) in [7, 11) is 4.69. The number of halogens is 1. The van der Waals surface area contributed by atoms with E-state index >= 15 is 0 Å². The van der Waals surface area contributed by atoms with Crippen LogP contribution in [0.2, 0.25) is 0 Å². The number of phenols is 1. The van der Waals surface area contributed by atoms with Crippen LogP contribution in [0.15, 0.2) is 34.9 Å². The Balaban J connectivity index is 2.37.